The van der Waals surface area contributed by atoms with Gasteiger partial charge in [-0.3, -0.25) is 0 Å². The molecule has 0 spiro atoms. The van der Waals surface area contributed by atoms with E-state index in [0.29, 0.717) is 6.10 Å². The van der Waals surface area contributed by atoms with E-state index in [0.717, 1.165) is 13.2 Å². The zero-order chi connectivity index (χ0) is 11.4. The van der Waals surface area contributed by atoms with Crippen LogP contribution in [0.15, 0.2) is 18.2 Å². The normalized spacial score (nSPS) is 20.8. The van der Waals surface area contributed by atoms with Crippen molar-refractivity contribution in [2.45, 2.75) is 39.2 Å². The second kappa shape index (κ2) is 5.35. The predicted octanol–water partition coefficient (Wildman–Crippen LogP) is 3.28. The third kappa shape index (κ3) is 2.99. The summed E-state index contributed by atoms with van der Waals surface area (Å²) in [6.07, 6.45) is 4.12. The Hall–Kier alpha value is -1.02. The Kier molecular flexibility index (Phi) is 3.83. The smallest absolute Gasteiger partial charge is 0.0747 e. The van der Waals surface area contributed by atoms with Crippen LogP contribution in [0, 0.1) is 13.8 Å². The van der Waals surface area contributed by atoms with Crippen molar-refractivity contribution in [3.8, 4) is 0 Å². The molecule has 1 unspecified atom stereocenters. The highest BCUT2D eigenvalue weighted by atomic mass is 16.5. The number of rotatable bonds is 3. The van der Waals surface area contributed by atoms with E-state index in [1.54, 1.807) is 0 Å². The van der Waals surface area contributed by atoms with Crippen LogP contribution in [0.4, 0.5) is 5.69 Å². The van der Waals surface area contributed by atoms with Gasteiger partial charge in [0.05, 0.1) is 6.10 Å². The lowest BCUT2D eigenvalue weighted by Crippen LogP contribution is -2.27. The third-order valence-corrected chi connectivity index (χ3v) is 3.19. The van der Waals surface area contributed by atoms with Crippen LogP contribution >= 0.6 is 0 Å². The van der Waals surface area contributed by atoms with Crippen molar-refractivity contribution < 1.29 is 4.74 Å². The number of hydrogen-bond acceptors (Lipinski definition) is 2. The van der Waals surface area contributed by atoms with E-state index in [-0.39, 0.29) is 0 Å². The van der Waals surface area contributed by atoms with Crippen LogP contribution in [0.3, 0.4) is 0 Å². The molecule has 0 aliphatic carbocycles. The van der Waals surface area contributed by atoms with Crippen molar-refractivity contribution in [3.05, 3.63) is 29.3 Å². The summed E-state index contributed by atoms with van der Waals surface area (Å²) in [5.74, 6) is 0. The van der Waals surface area contributed by atoms with Crippen LogP contribution in [0.5, 0.6) is 0 Å². The number of nitrogens with one attached hydrogen (secondary N) is 1. The Morgan fingerprint density at radius 3 is 2.94 bits per heavy atom. The van der Waals surface area contributed by atoms with E-state index < -0.39 is 0 Å². The van der Waals surface area contributed by atoms with Crippen molar-refractivity contribution in [2.75, 3.05) is 18.5 Å². The molecule has 88 valence electrons. The average Bonchev–Trinajstić information content (AvgIpc) is 2.32. The van der Waals surface area contributed by atoms with E-state index in [9.17, 15) is 0 Å². The largest absolute Gasteiger partial charge is 0.382 e. The fourth-order valence-electron chi connectivity index (χ4n) is 2.12. The summed E-state index contributed by atoms with van der Waals surface area (Å²) in [5.41, 5.74) is 3.85. The van der Waals surface area contributed by atoms with Crippen molar-refractivity contribution in [1.82, 2.24) is 0 Å². The first-order chi connectivity index (χ1) is 7.75. The Morgan fingerprint density at radius 2 is 2.19 bits per heavy atom. The number of aryl methyl sites for hydroxylation is 2. The Labute approximate surface area is 98.0 Å². The fourth-order valence-corrected chi connectivity index (χ4v) is 2.12. The molecule has 0 aromatic heterocycles. The monoisotopic (exact) mass is 219 g/mol. The highest BCUT2D eigenvalue weighted by Crippen LogP contribution is 2.18. The minimum absolute atomic E-state index is 0.397. The van der Waals surface area contributed by atoms with Gasteiger partial charge in [-0.2, -0.15) is 0 Å². The van der Waals surface area contributed by atoms with E-state index in [2.05, 4.69) is 37.4 Å². The summed E-state index contributed by atoms with van der Waals surface area (Å²) < 4.78 is 5.71. The second-order valence-corrected chi connectivity index (χ2v) is 4.69. The summed E-state index contributed by atoms with van der Waals surface area (Å²) >= 11 is 0. The lowest BCUT2D eigenvalue weighted by Gasteiger charge is -2.23. The molecule has 2 rings (SSSR count). The van der Waals surface area contributed by atoms with Gasteiger partial charge in [0.25, 0.3) is 0 Å². The minimum Gasteiger partial charge on any atom is -0.382 e. The Morgan fingerprint density at radius 1 is 1.31 bits per heavy atom. The SMILES string of the molecule is Cc1ccc(C)c(NCC2CCCCO2)c1. The van der Waals surface area contributed by atoms with Crippen LogP contribution in [-0.4, -0.2) is 19.3 Å². The lowest BCUT2D eigenvalue weighted by molar-refractivity contribution is 0.0247. The van der Waals surface area contributed by atoms with Crippen LogP contribution < -0.4 is 5.32 Å². The van der Waals surface area contributed by atoms with Gasteiger partial charge >= 0.3 is 0 Å². The van der Waals surface area contributed by atoms with Gasteiger partial charge in [-0.25, -0.2) is 0 Å². The zero-order valence-electron chi connectivity index (χ0n) is 10.3. The van der Waals surface area contributed by atoms with Gasteiger partial charge in [-0.1, -0.05) is 12.1 Å². The maximum atomic E-state index is 5.71. The van der Waals surface area contributed by atoms with E-state index in [4.69, 9.17) is 4.74 Å². The summed E-state index contributed by atoms with van der Waals surface area (Å²) in [6.45, 7) is 6.13. The summed E-state index contributed by atoms with van der Waals surface area (Å²) in [6, 6.07) is 6.52. The molecule has 0 amide bonds. The first-order valence-corrected chi connectivity index (χ1v) is 6.18. The first kappa shape index (κ1) is 11.5. The summed E-state index contributed by atoms with van der Waals surface area (Å²) in [7, 11) is 0. The maximum absolute atomic E-state index is 5.71. The predicted molar refractivity (Wildman–Crippen MR) is 68.0 cm³/mol. The number of benzene rings is 1. The highest BCUT2D eigenvalue weighted by Gasteiger charge is 2.13. The molecule has 16 heavy (non-hydrogen) atoms. The zero-order valence-corrected chi connectivity index (χ0v) is 10.3. The van der Waals surface area contributed by atoms with Crippen molar-refractivity contribution in [3.63, 3.8) is 0 Å². The molecule has 2 heteroatoms. The lowest BCUT2D eigenvalue weighted by atomic mass is 10.1. The van der Waals surface area contributed by atoms with Gasteiger partial charge in [0.15, 0.2) is 0 Å². The molecule has 1 aliphatic heterocycles. The highest BCUT2D eigenvalue weighted by molar-refractivity contribution is 5.52. The van der Waals surface area contributed by atoms with Crippen LogP contribution in [0.1, 0.15) is 30.4 Å². The van der Waals surface area contributed by atoms with E-state index in [1.807, 2.05) is 0 Å². The number of hydrogen-bond donors (Lipinski definition) is 1. The molecular formula is C14H21NO. The van der Waals surface area contributed by atoms with Gasteiger partial charge in [0.1, 0.15) is 0 Å². The molecule has 1 aliphatic rings. The van der Waals surface area contributed by atoms with Gasteiger partial charge in [-0.15, -0.1) is 0 Å². The van der Waals surface area contributed by atoms with E-state index in [1.165, 1.54) is 36.1 Å². The van der Waals surface area contributed by atoms with Gasteiger partial charge < -0.3 is 10.1 Å². The molecule has 1 N–H and O–H groups in total. The number of ether oxygens (including phenoxy) is 1. The fraction of sp³-hybridized carbons (Fsp3) is 0.571. The standard InChI is InChI=1S/C14H21NO/c1-11-6-7-12(2)14(9-11)15-10-13-5-3-4-8-16-13/h6-7,9,13,15H,3-5,8,10H2,1-2H3. The molecule has 0 bridgehead atoms. The maximum Gasteiger partial charge on any atom is 0.0747 e. The summed E-state index contributed by atoms with van der Waals surface area (Å²) in [5, 5.41) is 3.50. The molecule has 1 fully saturated rings. The van der Waals surface area contributed by atoms with Crippen molar-refractivity contribution in [1.29, 1.82) is 0 Å². The topological polar surface area (TPSA) is 21.3 Å². The average molecular weight is 219 g/mol. The van der Waals surface area contributed by atoms with Crippen LogP contribution in [-0.2, 0) is 4.74 Å². The molecule has 1 heterocycles. The van der Waals surface area contributed by atoms with E-state index >= 15 is 0 Å². The molecule has 1 aromatic carbocycles. The van der Waals surface area contributed by atoms with Crippen molar-refractivity contribution in [2.24, 2.45) is 0 Å². The van der Waals surface area contributed by atoms with Gasteiger partial charge in [0.2, 0.25) is 0 Å². The summed E-state index contributed by atoms with van der Waals surface area (Å²) in [4.78, 5) is 0. The molecule has 1 atom stereocenters. The molecule has 0 radical (unpaired) electrons. The molecule has 0 saturated carbocycles. The number of anilines is 1. The van der Waals surface area contributed by atoms with Crippen molar-refractivity contribution >= 4 is 5.69 Å². The van der Waals surface area contributed by atoms with Gasteiger partial charge in [-0.05, 0) is 50.3 Å². The Balaban J connectivity index is 1.90. The second-order valence-electron chi connectivity index (χ2n) is 4.69. The first-order valence-electron chi connectivity index (χ1n) is 6.18. The molecule has 2 nitrogen and oxygen atoms in total. The third-order valence-electron chi connectivity index (χ3n) is 3.19. The van der Waals surface area contributed by atoms with Crippen LogP contribution in [0.25, 0.3) is 0 Å². The van der Waals surface area contributed by atoms with Gasteiger partial charge in [0, 0.05) is 18.8 Å². The quantitative estimate of drug-likeness (QED) is 0.842. The Bertz CT molecular complexity index is 343. The molecular weight excluding hydrogens is 198 g/mol. The molecule has 1 aromatic rings. The molecule has 1 saturated heterocycles. The van der Waals surface area contributed by atoms with Crippen LogP contribution in [0.2, 0.25) is 0 Å². The minimum atomic E-state index is 0.397.